The molecule has 0 aliphatic heterocycles. The molecule has 5 nitrogen and oxygen atoms in total. The summed E-state index contributed by atoms with van der Waals surface area (Å²) in [6.07, 6.45) is 1.44. The maximum Gasteiger partial charge on any atom is 0.271 e. The number of oxime groups is 1. The summed E-state index contributed by atoms with van der Waals surface area (Å²) in [5, 5.41) is 9.08. The molecule has 0 aliphatic carbocycles. The molecule has 2 rings (SSSR count). The van der Waals surface area contributed by atoms with Gasteiger partial charge in [0.15, 0.2) is 0 Å². The van der Waals surface area contributed by atoms with E-state index in [1.54, 1.807) is 42.5 Å². The van der Waals surface area contributed by atoms with Crippen LogP contribution in [-0.4, -0.2) is 24.4 Å². The van der Waals surface area contributed by atoms with Crippen LogP contribution in [0.4, 0.5) is 0 Å². The molecule has 2 aromatic rings. The summed E-state index contributed by atoms with van der Waals surface area (Å²) in [6.45, 7) is 4.52. The van der Waals surface area contributed by atoms with E-state index in [0.717, 1.165) is 0 Å². The Bertz CT molecular complexity index is 820. The topological polar surface area (TPSA) is 63.1 Å². The second-order valence-corrected chi connectivity index (χ2v) is 6.76. The van der Waals surface area contributed by atoms with Crippen LogP contribution in [0, 0.1) is 5.92 Å². The molecule has 2 aromatic carbocycles. The smallest absolute Gasteiger partial charge is 0.271 e. The highest BCUT2D eigenvalue weighted by atomic mass is 35.5. The molecule has 1 N–H and O–H groups in total. The summed E-state index contributed by atoms with van der Waals surface area (Å²) in [5.74, 6) is -0.0373. The van der Waals surface area contributed by atoms with Crippen LogP contribution in [-0.2, 0) is 4.84 Å². The molecule has 0 saturated heterocycles. The van der Waals surface area contributed by atoms with Crippen molar-refractivity contribution in [1.29, 1.82) is 0 Å². The highest BCUT2D eigenvalue weighted by Crippen LogP contribution is 2.12. The summed E-state index contributed by atoms with van der Waals surface area (Å²) >= 11 is 11.9. The van der Waals surface area contributed by atoms with Crippen molar-refractivity contribution in [3.05, 3.63) is 69.7 Å². The number of hydrogen-bond acceptors (Lipinski definition) is 4. The van der Waals surface area contributed by atoms with Gasteiger partial charge in [0.05, 0.1) is 6.21 Å². The average Bonchev–Trinajstić information content (AvgIpc) is 2.60. The van der Waals surface area contributed by atoms with Crippen molar-refractivity contribution in [2.45, 2.75) is 13.8 Å². The highest BCUT2D eigenvalue weighted by molar-refractivity contribution is 6.39. The Morgan fingerprint density at radius 2 is 1.73 bits per heavy atom. The molecule has 0 heterocycles. The molecule has 0 bridgehead atoms. The number of rotatable bonds is 7. The first kappa shape index (κ1) is 19.9. The molecule has 0 unspecified atom stereocenters. The Labute approximate surface area is 162 Å². The van der Waals surface area contributed by atoms with Gasteiger partial charge in [0.1, 0.15) is 12.3 Å². The third kappa shape index (κ3) is 6.50. The van der Waals surface area contributed by atoms with Gasteiger partial charge in [-0.05, 0) is 36.2 Å². The number of carbonyl (C=O) groups excluding carboxylic acids is 1. The van der Waals surface area contributed by atoms with Gasteiger partial charge in [-0.15, -0.1) is 0 Å². The molecule has 0 saturated carbocycles. The van der Waals surface area contributed by atoms with Gasteiger partial charge in [-0.3, -0.25) is 4.79 Å². The van der Waals surface area contributed by atoms with Gasteiger partial charge in [0.25, 0.3) is 5.91 Å². The third-order valence-corrected chi connectivity index (χ3v) is 3.61. The van der Waals surface area contributed by atoms with Crippen LogP contribution in [0.15, 0.2) is 58.8 Å². The summed E-state index contributed by atoms with van der Waals surface area (Å²) in [6, 6.07) is 13.7. The fraction of sp³-hybridized carbons (Fsp3) is 0.211. The molecule has 26 heavy (non-hydrogen) atoms. The van der Waals surface area contributed by atoms with Crippen molar-refractivity contribution in [3.8, 4) is 0 Å². The first-order valence-corrected chi connectivity index (χ1v) is 8.76. The molecule has 7 heteroatoms. The minimum atomic E-state index is -0.386. The number of amides is 1. The minimum absolute atomic E-state index is 0.348. The Morgan fingerprint density at radius 3 is 2.35 bits per heavy atom. The van der Waals surface area contributed by atoms with E-state index in [4.69, 9.17) is 28.0 Å². The molecule has 0 aromatic heterocycles. The average molecular weight is 392 g/mol. The van der Waals surface area contributed by atoms with E-state index in [9.17, 15) is 4.79 Å². The van der Waals surface area contributed by atoms with Crippen molar-refractivity contribution >= 4 is 41.0 Å². The molecule has 0 aliphatic rings. The summed E-state index contributed by atoms with van der Waals surface area (Å²) in [4.78, 5) is 17.5. The van der Waals surface area contributed by atoms with Crippen LogP contribution < -0.4 is 5.43 Å². The standard InChI is InChI=1S/C19H19Cl2N3O2/c1-13(2)12-26-22-11-18(14-5-3-7-16(20)9-14)23-24-19(25)15-6-4-8-17(21)10-15/h3-11,13H,12H2,1-2H3,(H,24,25)/b22-11+,23-18+. The van der Waals surface area contributed by atoms with Crippen LogP contribution >= 0.6 is 23.2 Å². The Kier molecular flexibility index (Phi) is 7.63. The fourth-order valence-corrected chi connectivity index (χ4v) is 2.28. The second-order valence-electron chi connectivity index (χ2n) is 5.88. The molecular weight excluding hydrogens is 373 g/mol. The van der Waals surface area contributed by atoms with Crippen LogP contribution in [0.3, 0.4) is 0 Å². The number of carbonyl (C=O) groups is 1. The molecular formula is C19H19Cl2N3O2. The lowest BCUT2D eigenvalue weighted by Gasteiger charge is -2.05. The molecule has 0 fully saturated rings. The lowest BCUT2D eigenvalue weighted by Crippen LogP contribution is -2.20. The van der Waals surface area contributed by atoms with Gasteiger partial charge in [-0.2, -0.15) is 5.10 Å². The predicted octanol–water partition coefficient (Wildman–Crippen LogP) is 4.79. The normalized spacial score (nSPS) is 11.8. The Balaban J connectivity index is 2.19. The lowest BCUT2D eigenvalue weighted by molar-refractivity contribution is 0.0955. The minimum Gasteiger partial charge on any atom is -0.395 e. The van der Waals surface area contributed by atoms with Crippen molar-refractivity contribution in [1.82, 2.24) is 5.43 Å². The van der Waals surface area contributed by atoms with Gasteiger partial charge in [0.2, 0.25) is 0 Å². The van der Waals surface area contributed by atoms with E-state index < -0.39 is 0 Å². The number of nitrogens with one attached hydrogen (secondary N) is 1. The molecule has 1 amide bonds. The van der Waals surface area contributed by atoms with Crippen LogP contribution in [0.25, 0.3) is 0 Å². The summed E-state index contributed by atoms with van der Waals surface area (Å²) in [5.41, 5.74) is 4.00. The zero-order valence-corrected chi connectivity index (χ0v) is 16.0. The maximum absolute atomic E-state index is 12.2. The van der Waals surface area contributed by atoms with Gasteiger partial charge < -0.3 is 4.84 Å². The van der Waals surface area contributed by atoms with Crippen LogP contribution in [0.2, 0.25) is 10.0 Å². The van der Waals surface area contributed by atoms with Gasteiger partial charge in [-0.1, -0.05) is 60.4 Å². The first-order chi connectivity index (χ1) is 12.5. The van der Waals surface area contributed by atoms with Crippen molar-refractivity contribution in [2.24, 2.45) is 16.2 Å². The van der Waals surface area contributed by atoms with E-state index >= 15 is 0 Å². The van der Waals surface area contributed by atoms with Crippen molar-refractivity contribution in [3.63, 3.8) is 0 Å². The SMILES string of the molecule is CC(C)CO/N=C/C(=N\NC(=O)c1cccc(Cl)c1)c1cccc(Cl)c1. The van der Waals surface area contributed by atoms with Crippen LogP contribution in [0.5, 0.6) is 0 Å². The number of halogens is 2. The van der Waals surface area contributed by atoms with E-state index in [1.165, 1.54) is 6.21 Å². The van der Waals surface area contributed by atoms with Gasteiger partial charge in [-0.25, -0.2) is 5.43 Å². The third-order valence-electron chi connectivity index (χ3n) is 3.14. The molecule has 0 atom stereocenters. The fourth-order valence-electron chi connectivity index (χ4n) is 1.90. The molecule has 0 spiro atoms. The zero-order valence-electron chi connectivity index (χ0n) is 14.4. The van der Waals surface area contributed by atoms with Crippen LogP contribution in [0.1, 0.15) is 29.8 Å². The number of nitrogens with zero attached hydrogens (tertiary/aromatic N) is 2. The Hall–Kier alpha value is -2.37. The summed E-state index contributed by atoms with van der Waals surface area (Å²) < 4.78 is 0. The number of benzene rings is 2. The van der Waals surface area contributed by atoms with Gasteiger partial charge >= 0.3 is 0 Å². The second kappa shape index (κ2) is 9.94. The van der Waals surface area contributed by atoms with Gasteiger partial charge in [0, 0.05) is 21.2 Å². The van der Waals surface area contributed by atoms with Crippen molar-refractivity contribution < 1.29 is 9.63 Å². The number of hydrazone groups is 1. The largest absolute Gasteiger partial charge is 0.395 e. The molecule has 136 valence electrons. The summed E-state index contributed by atoms with van der Waals surface area (Å²) in [7, 11) is 0. The highest BCUT2D eigenvalue weighted by Gasteiger charge is 2.07. The Morgan fingerprint density at radius 1 is 1.12 bits per heavy atom. The first-order valence-electron chi connectivity index (χ1n) is 8.00. The molecule has 0 radical (unpaired) electrons. The lowest BCUT2D eigenvalue weighted by atomic mass is 10.1. The van der Waals surface area contributed by atoms with E-state index in [0.29, 0.717) is 39.4 Å². The monoisotopic (exact) mass is 391 g/mol. The maximum atomic E-state index is 12.2. The van der Waals surface area contributed by atoms with Crippen molar-refractivity contribution in [2.75, 3.05) is 6.61 Å². The number of hydrogen-bond donors (Lipinski definition) is 1. The van der Waals surface area contributed by atoms with E-state index in [-0.39, 0.29) is 5.91 Å². The predicted molar refractivity (Wildman–Crippen MR) is 106 cm³/mol. The van der Waals surface area contributed by atoms with E-state index in [1.807, 2.05) is 19.9 Å². The zero-order chi connectivity index (χ0) is 18.9. The van der Waals surface area contributed by atoms with E-state index in [2.05, 4.69) is 15.7 Å². The quantitative estimate of drug-likeness (QED) is 0.544.